The molecule has 0 aromatic heterocycles. The Morgan fingerprint density at radius 1 is 1.10 bits per heavy atom. The minimum atomic E-state index is -0.227. The average molecular weight is 398 g/mol. The van der Waals surface area contributed by atoms with Crippen molar-refractivity contribution in [2.75, 3.05) is 0 Å². The Labute approximate surface area is 180 Å². The van der Waals surface area contributed by atoms with Crippen LogP contribution >= 0.6 is 0 Å². The van der Waals surface area contributed by atoms with E-state index in [-0.39, 0.29) is 17.0 Å². The van der Waals surface area contributed by atoms with Crippen LogP contribution in [0.1, 0.15) is 57.7 Å². The minimum Gasteiger partial charge on any atom is -0.298 e. The van der Waals surface area contributed by atoms with Gasteiger partial charge in [-0.1, -0.05) is 76.3 Å². The van der Waals surface area contributed by atoms with Crippen molar-refractivity contribution < 1.29 is 0 Å². The number of hydrogen-bond acceptors (Lipinski definition) is 3. The summed E-state index contributed by atoms with van der Waals surface area (Å²) in [5.41, 5.74) is 6.14. The van der Waals surface area contributed by atoms with Crippen molar-refractivity contribution >= 4 is 11.7 Å². The molecular weight excluding hydrogens is 366 g/mol. The van der Waals surface area contributed by atoms with Crippen LogP contribution in [0.5, 0.6) is 0 Å². The van der Waals surface area contributed by atoms with Crippen LogP contribution in [0.2, 0.25) is 0 Å². The molecule has 3 heteroatoms. The van der Waals surface area contributed by atoms with Crippen molar-refractivity contribution in [1.29, 1.82) is 0 Å². The number of nitrogens with zero attached hydrogens (tertiary/aromatic N) is 3. The SMILES string of the molecule is Cc1cc(C2=NC3=C(C=CC(C)C3)C3=NC4C=CC=C[C@@]4(C)N32)ccc1C(C)(C)C. The quantitative estimate of drug-likeness (QED) is 0.582. The number of hydrogen-bond donors (Lipinski definition) is 0. The van der Waals surface area contributed by atoms with Gasteiger partial charge in [-0.15, -0.1) is 0 Å². The van der Waals surface area contributed by atoms with E-state index in [1.54, 1.807) is 0 Å². The maximum atomic E-state index is 5.27. The molecule has 0 amide bonds. The Bertz CT molecular complexity index is 1100. The Balaban J connectivity index is 1.69. The minimum absolute atomic E-state index is 0.109. The standard InChI is InChI=1S/C27H31N3/c1-17-10-12-20-22(15-17)28-24(19-11-13-21(18(2)16-19)26(3,4)5)30-25(20)29-23-9-7-8-14-27(23,30)6/h7-14,16-17,23H,15H2,1-6H3/t17?,23?,27-/m1/s1. The molecule has 1 aromatic rings. The normalized spacial score (nSPS) is 29.5. The van der Waals surface area contributed by atoms with Crippen LogP contribution in [0.25, 0.3) is 0 Å². The topological polar surface area (TPSA) is 28.0 Å². The number of amidine groups is 2. The lowest BCUT2D eigenvalue weighted by molar-refractivity contribution is 0.355. The van der Waals surface area contributed by atoms with E-state index in [2.05, 4.69) is 101 Å². The lowest BCUT2D eigenvalue weighted by atomic mass is 9.82. The first-order chi connectivity index (χ1) is 14.2. The molecule has 2 heterocycles. The van der Waals surface area contributed by atoms with E-state index < -0.39 is 0 Å². The van der Waals surface area contributed by atoms with Crippen LogP contribution in [0.4, 0.5) is 0 Å². The molecule has 3 atom stereocenters. The maximum Gasteiger partial charge on any atom is 0.142 e. The second kappa shape index (κ2) is 6.41. The van der Waals surface area contributed by atoms with E-state index in [9.17, 15) is 0 Å². The van der Waals surface area contributed by atoms with E-state index in [0.717, 1.165) is 18.1 Å². The number of aryl methyl sites for hydroxylation is 1. The van der Waals surface area contributed by atoms with Crippen LogP contribution in [0, 0.1) is 12.8 Å². The summed E-state index contributed by atoms with van der Waals surface area (Å²) < 4.78 is 0. The first-order valence-electron chi connectivity index (χ1n) is 11.0. The van der Waals surface area contributed by atoms with Gasteiger partial charge in [0.25, 0.3) is 0 Å². The zero-order valence-electron chi connectivity index (χ0n) is 18.9. The number of fused-ring (bicyclic) bond motifs is 4. The summed E-state index contributed by atoms with van der Waals surface area (Å²) in [6.45, 7) is 13.6. The van der Waals surface area contributed by atoms with E-state index >= 15 is 0 Å². The van der Waals surface area contributed by atoms with E-state index in [1.807, 2.05) is 0 Å². The van der Waals surface area contributed by atoms with Gasteiger partial charge in [-0.25, -0.2) is 4.99 Å². The fraction of sp³-hybridized carbons (Fsp3) is 0.407. The molecule has 0 spiro atoms. The Morgan fingerprint density at radius 2 is 1.90 bits per heavy atom. The molecule has 30 heavy (non-hydrogen) atoms. The van der Waals surface area contributed by atoms with Gasteiger partial charge in [-0.2, -0.15) is 0 Å². The highest BCUT2D eigenvalue weighted by Gasteiger charge is 2.49. The molecule has 0 fully saturated rings. The molecule has 0 saturated carbocycles. The van der Waals surface area contributed by atoms with Gasteiger partial charge >= 0.3 is 0 Å². The van der Waals surface area contributed by atoms with Crippen LogP contribution in [-0.2, 0) is 5.41 Å². The lowest BCUT2D eigenvalue weighted by Crippen LogP contribution is -2.54. The Hall–Kier alpha value is -2.68. The van der Waals surface area contributed by atoms with Crippen molar-refractivity contribution in [3.05, 3.63) is 82.6 Å². The van der Waals surface area contributed by atoms with Crippen molar-refractivity contribution in [1.82, 2.24) is 4.90 Å². The van der Waals surface area contributed by atoms with Crippen LogP contribution in [0.15, 0.2) is 75.9 Å². The summed E-state index contributed by atoms with van der Waals surface area (Å²) in [5, 5.41) is 0. The van der Waals surface area contributed by atoms with Crippen LogP contribution < -0.4 is 0 Å². The van der Waals surface area contributed by atoms with Gasteiger partial charge in [0.2, 0.25) is 0 Å². The average Bonchev–Trinajstić information content (AvgIpc) is 2.99. The highest BCUT2D eigenvalue weighted by Crippen LogP contribution is 2.42. The monoisotopic (exact) mass is 397 g/mol. The van der Waals surface area contributed by atoms with Crippen molar-refractivity contribution in [2.24, 2.45) is 15.9 Å². The van der Waals surface area contributed by atoms with Gasteiger partial charge in [0, 0.05) is 11.1 Å². The third-order valence-electron chi connectivity index (χ3n) is 6.80. The van der Waals surface area contributed by atoms with E-state index in [4.69, 9.17) is 9.98 Å². The van der Waals surface area contributed by atoms with Crippen LogP contribution in [-0.4, -0.2) is 28.2 Å². The second-order valence-electron chi connectivity index (χ2n) is 10.3. The van der Waals surface area contributed by atoms with Gasteiger partial charge in [0.05, 0.1) is 17.3 Å². The predicted octanol–water partition coefficient (Wildman–Crippen LogP) is 5.87. The Morgan fingerprint density at radius 3 is 2.63 bits per heavy atom. The zero-order chi connectivity index (χ0) is 21.3. The van der Waals surface area contributed by atoms with Gasteiger partial charge in [-0.3, -0.25) is 9.89 Å². The largest absolute Gasteiger partial charge is 0.298 e. The molecule has 1 aromatic carbocycles. The fourth-order valence-electron chi connectivity index (χ4n) is 5.19. The summed E-state index contributed by atoms with van der Waals surface area (Å²) in [6.07, 6.45) is 14.2. The van der Waals surface area contributed by atoms with Crippen molar-refractivity contribution in [2.45, 2.75) is 65.0 Å². The predicted molar refractivity (Wildman–Crippen MR) is 126 cm³/mol. The second-order valence-corrected chi connectivity index (χ2v) is 10.3. The molecule has 0 radical (unpaired) electrons. The van der Waals surface area contributed by atoms with Gasteiger partial charge < -0.3 is 0 Å². The smallest absolute Gasteiger partial charge is 0.142 e. The fourth-order valence-corrected chi connectivity index (χ4v) is 5.19. The molecule has 0 bridgehead atoms. The first-order valence-corrected chi connectivity index (χ1v) is 11.0. The molecule has 154 valence electrons. The number of benzene rings is 1. The molecule has 3 nitrogen and oxygen atoms in total. The van der Waals surface area contributed by atoms with Crippen molar-refractivity contribution in [3.8, 4) is 0 Å². The first kappa shape index (κ1) is 19.3. The van der Waals surface area contributed by atoms with E-state index in [1.165, 1.54) is 28.0 Å². The number of rotatable bonds is 1. The number of aliphatic imine (C=N–C) groups is 2. The van der Waals surface area contributed by atoms with E-state index in [0.29, 0.717) is 5.92 Å². The summed E-state index contributed by atoms with van der Waals surface area (Å²) in [6, 6.07) is 6.95. The maximum absolute atomic E-state index is 5.27. The molecule has 0 N–H and O–H groups in total. The molecule has 2 aliphatic carbocycles. The third kappa shape index (κ3) is 2.79. The van der Waals surface area contributed by atoms with Crippen molar-refractivity contribution in [3.63, 3.8) is 0 Å². The molecule has 5 rings (SSSR count). The lowest BCUT2D eigenvalue weighted by Gasteiger charge is -2.42. The molecule has 2 aliphatic heterocycles. The third-order valence-corrected chi connectivity index (χ3v) is 6.80. The Kier molecular flexibility index (Phi) is 4.12. The summed E-state index contributed by atoms with van der Waals surface area (Å²) in [5.74, 6) is 2.60. The van der Waals surface area contributed by atoms with Gasteiger partial charge in [0.15, 0.2) is 0 Å². The summed E-state index contributed by atoms with van der Waals surface area (Å²) in [4.78, 5) is 12.8. The number of allylic oxidation sites excluding steroid dienone is 4. The summed E-state index contributed by atoms with van der Waals surface area (Å²) >= 11 is 0. The molecule has 4 aliphatic rings. The highest BCUT2D eigenvalue weighted by atomic mass is 15.4. The highest BCUT2D eigenvalue weighted by molar-refractivity contribution is 6.20. The molecular formula is C27H31N3. The van der Waals surface area contributed by atoms with Gasteiger partial charge in [0.1, 0.15) is 11.7 Å². The van der Waals surface area contributed by atoms with Gasteiger partial charge in [-0.05, 0) is 48.8 Å². The zero-order valence-corrected chi connectivity index (χ0v) is 18.9. The molecule has 2 unspecified atom stereocenters. The molecule has 0 saturated heterocycles. The summed E-state index contributed by atoms with van der Waals surface area (Å²) in [7, 11) is 0. The van der Waals surface area contributed by atoms with Crippen LogP contribution in [0.3, 0.4) is 0 Å².